The number of carbonyl (C=O) groups is 1. The highest BCUT2D eigenvalue weighted by Gasteiger charge is 2.31. The molecule has 2 rings (SSSR count). The Morgan fingerprint density at radius 1 is 1.33 bits per heavy atom. The Kier molecular flexibility index (Phi) is 2.82. The Labute approximate surface area is 88.3 Å². The van der Waals surface area contributed by atoms with Crippen molar-refractivity contribution in [2.24, 2.45) is 11.7 Å². The third-order valence-electron chi connectivity index (χ3n) is 3.05. The van der Waals surface area contributed by atoms with Gasteiger partial charge in [0.2, 0.25) is 0 Å². The number of nitrogens with two attached hydrogens (primary N) is 1. The van der Waals surface area contributed by atoms with E-state index >= 15 is 0 Å². The topological polar surface area (TPSA) is 43.1 Å². The summed E-state index contributed by atoms with van der Waals surface area (Å²) in [7, 11) is 0. The summed E-state index contributed by atoms with van der Waals surface area (Å²) in [5.74, 6) is -0.776. The first-order valence-corrected chi connectivity index (χ1v) is 5.24. The van der Waals surface area contributed by atoms with Crippen LogP contribution in [-0.2, 0) is 0 Å². The molecule has 1 aromatic rings. The Hall–Kier alpha value is -1.22. The summed E-state index contributed by atoms with van der Waals surface area (Å²) < 4.78 is 13.4. The predicted molar refractivity (Wildman–Crippen MR) is 56.0 cm³/mol. The van der Waals surface area contributed by atoms with Crippen LogP contribution in [0.15, 0.2) is 24.3 Å². The number of ketones is 1. The van der Waals surface area contributed by atoms with Gasteiger partial charge in [-0.3, -0.25) is 4.79 Å². The minimum absolute atomic E-state index is 0.0999. The highest BCUT2D eigenvalue weighted by atomic mass is 19.1. The van der Waals surface area contributed by atoms with Gasteiger partial charge < -0.3 is 5.73 Å². The predicted octanol–water partition coefficient (Wildman–Crippen LogP) is 2.14. The van der Waals surface area contributed by atoms with Crippen molar-refractivity contribution in [1.82, 2.24) is 0 Å². The first-order chi connectivity index (χ1) is 7.20. The molecule has 0 heterocycles. The Morgan fingerprint density at radius 2 is 2.07 bits per heavy atom. The van der Waals surface area contributed by atoms with Gasteiger partial charge in [-0.15, -0.1) is 0 Å². The van der Waals surface area contributed by atoms with E-state index in [4.69, 9.17) is 5.73 Å². The van der Waals surface area contributed by atoms with Crippen molar-refractivity contribution in [2.45, 2.75) is 25.3 Å². The second-order valence-electron chi connectivity index (χ2n) is 4.05. The summed E-state index contributed by atoms with van der Waals surface area (Å²) in [6, 6.07) is 6.01. The van der Waals surface area contributed by atoms with Gasteiger partial charge in [-0.2, -0.15) is 0 Å². The molecule has 3 heteroatoms. The lowest BCUT2D eigenvalue weighted by molar-refractivity contribution is 0.0909. The summed E-state index contributed by atoms with van der Waals surface area (Å²) in [5, 5.41) is 0. The van der Waals surface area contributed by atoms with Crippen LogP contribution in [0.4, 0.5) is 4.39 Å². The monoisotopic (exact) mass is 207 g/mol. The van der Waals surface area contributed by atoms with Crippen LogP contribution >= 0.6 is 0 Å². The fourth-order valence-corrected chi connectivity index (χ4v) is 2.18. The van der Waals surface area contributed by atoms with Crippen LogP contribution in [0.5, 0.6) is 0 Å². The van der Waals surface area contributed by atoms with E-state index in [0.717, 1.165) is 19.3 Å². The van der Waals surface area contributed by atoms with E-state index in [1.54, 1.807) is 12.1 Å². The average Bonchev–Trinajstić information content (AvgIpc) is 2.64. The van der Waals surface area contributed by atoms with E-state index in [1.807, 2.05) is 0 Å². The van der Waals surface area contributed by atoms with Crippen molar-refractivity contribution in [3.63, 3.8) is 0 Å². The quantitative estimate of drug-likeness (QED) is 0.755. The molecule has 2 unspecified atom stereocenters. The van der Waals surface area contributed by atoms with Gasteiger partial charge in [0.25, 0.3) is 0 Å². The Balaban J connectivity index is 2.24. The van der Waals surface area contributed by atoms with Gasteiger partial charge in [-0.1, -0.05) is 18.6 Å². The molecule has 1 fully saturated rings. The van der Waals surface area contributed by atoms with Crippen molar-refractivity contribution >= 4 is 5.78 Å². The van der Waals surface area contributed by atoms with Crippen LogP contribution in [0.3, 0.4) is 0 Å². The van der Waals surface area contributed by atoms with Crippen LogP contribution in [-0.4, -0.2) is 11.8 Å². The number of benzene rings is 1. The van der Waals surface area contributed by atoms with Crippen molar-refractivity contribution in [3.8, 4) is 0 Å². The lowest BCUT2D eigenvalue weighted by Crippen LogP contribution is -2.31. The Bertz CT molecular complexity index is 378. The van der Waals surface area contributed by atoms with Crippen LogP contribution in [0.25, 0.3) is 0 Å². The minimum atomic E-state index is -0.443. The maximum atomic E-state index is 13.4. The molecule has 0 spiro atoms. The fraction of sp³-hybridized carbons (Fsp3) is 0.417. The van der Waals surface area contributed by atoms with Crippen molar-refractivity contribution in [1.29, 1.82) is 0 Å². The molecule has 1 aliphatic rings. The van der Waals surface area contributed by atoms with E-state index in [2.05, 4.69) is 0 Å². The highest BCUT2D eigenvalue weighted by molar-refractivity contribution is 5.98. The maximum absolute atomic E-state index is 13.4. The molecule has 0 aliphatic heterocycles. The molecule has 0 bridgehead atoms. The standard InChI is InChI=1S/C12H14FNO/c13-10-6-2-1-4-8(10)12(15)9-5-3-7-11(9)14/h1-2,4,6,9,11H,3,5,7,14H2. The van der Waals surface area contributed by atoms with Gasteiger partial charge >= 0.3 is 0 Å². The molecular formula is C12H14FNO. The summed E-state index contributed by atoms with van der Waals surface area (Å²) in [5.41, 5.74) is 6.00. The summed E-state index contributed by atoms with van der Waals surface area (Å²) in [4.78, 5) is 12.0. The molecule has 2 nitrogen and oxygen atoms in total. The molecule has 1 aromatic carbocycles. The number of Topliss-reactive ketones (excluding diaryl/α,β-unsaturated/α-hetero) is 1. The second kappa shape index (κ2) is 4.11. The van der Waals surface area contributed by atoms with E-state index in [9.17, 15) is 9.18 Å². The largest absolute Gasteiger partial charge is 0.327 e. The van der Waals surface area contributed by atoms with Gasteiger partial charge in [-0.05, 0) is 25.0 Å². The van der Waals surface area contributed by atoms with Crippen molar-refractivity contribution in [3.05, 3.63) is 35.6 Å². The molecule has 2 N–H and O–H groups in total. The summed E-state index contributed by atoms with van der Waals surface area (Å²) in [6.45, 7) is 0. The van der Waals surface area contributed by atoms with E-state index in [0.29, 0.717) is 0 Å². The smallest absolute Gasteiger partial charge is 0.170 e. The molecule has 1 saturated carbocycles. The lowest BCUT2D eigenvalue weighted by Gasteiger charge is -2.14. The zero-order valence-corrected chi connectivity index (χ0v) is 8.45. The number of hydrogen-bond donors (Lipinski definition) is 1. The zero-order valence-electron chi connectivity index (χ0n) is 8.45. The third kappa shape index (κ3) is 1.92. The fourth-order valence-electron chi connectivity index (χ4n) is 2.18. The third-order valence-corrected chi connectivity index (χ3v) is 3.05. The van der Waals surface area contributed by atoms with Gasteiger partial charge in [0.15, 0.2) is 5.78 Å². The SMILES string of the molecule is NC1CCCC1C(=O)c1ccccc1F. The van der Waals surface area contributed by atoms with Crippen molar-refractivity contribution in [2.75, 3.05) is 0 Å². The first-order valence-electron chi connectivity index (χ1n) is 5.24. The highest BCUT2D eigenvalue weighted by Crippen LogP contribution is 2.27. The van der Waals surface area contributed by atoms with E-state index in [1.165, 1.54) is 12.1 Å². The summed E-state index contributed by atoms with van der Waals surface area (Å²) in [6.07, 6.45) is 2.62. The van der Waals surface area contributed by atoms with Crippen LogP contribution < -0.4 is 5.73 Å². The molecule has 2 atom stereocenters. The number of carbonyl (C=O) groups excluding carboxylic acids is 1. The normalized spacial score (nSPS) is 25.5. The minimum Gasteiger partial charge on any atom is -0.327 e. The number of rotatable bonds is 2. The number of halogens is 1. The van der Waals surface area contributed by atoms with Crippen LogP contribution in [0.2, 0.25) is 0 Å². The lowest BCUT2D eigenvalue weighted by atomic mass is 9.93. The second-order valence-corrected chi connectivity index (χ2v) is 4.05. The summed E-state index contributed by atoms with van der Waals surface area (Å²) >= 11 is 0. The van der Waals surface area contributed by atoms with E-state index in [-0.39, 0.29) is 23.3 Å². The molecular weight excluding hydrogens is 193 g/mol. The van der Waals surface area contributed by atoms with Crippen LogP contribution in [0, 0.1) is 11.7 Å². The van der Waals surface area contributed by atoms with Gasteiger partial charge in [-0.25, -0.2) is 4.39 Å². The molecule has 80 valence electrons. The van der Waals surface area contributed by atoms with Crippen LogP contribution in [0.1, 0.15) is 29.6 Å². The molecule has 0 amide bonds. The molecule has 0 radical (unpaired) electrons. The first kappa shape index (κ1) is 10.3. The Morgan fingerprint density at radius 3 is 2.67 bits per heavy atom. The van der Waals surface area contributed by atoms with Gasteiger partial charge in [0, 0.05) is 12.0 Å². The maximum Gasteiger partial charge on any atom is 0.170 e. The molecule has 15 heavy (non-hydrogen) atoms. The van der Waals surface area contributed by atoms with Gasteiger partial charge in [0.05, 0.1) is 5.56 Å². The number of hydrogen-bond acceptors (Lipinski definition) is 2. The molecule has 1 aliphatic carbocycles. The van der Waals surface area contributed by atoms with Gasteiger partial charge in [0.1, 0.15) is 5.82 Å². The van der Waals surface area contributed by atoms with Crippen molar-refractivity contribution < 1.29 is 9.18 Å². The average molecular weight is 207 g/mol. The molecule has 0 saturated heterocycles. The zero-order chi connectivity index (χ0) is 10.8. The van der Waals surface area contributed by atoms with E-state index < -0.39 is 5.82 Å². The molecule has 0 aromatic heterocycles.